The molecular formula is C21H24N4O4S. The molecule has 1 heterocycles. The van der Waals surface area contributed by atoms with E-state index in [1.165, 1.54) is 19.1 Å². The number of rotatable bonds is 8. The molecule has 0 unspecified atom stereocenters. The number of aromatic nitrogens is 2. The molecule has 1 amide bonds. The molecule has 0 aliphatic rings. The van der Waals surface area contributed by atoms with Crippen LogP contribution in [0.4, 0.5) is 5.69 Å². The topological polar surface area (TPSA) is 102 Å². The molecule has 0 spiro atoms. The first-order chi connectivity index (χ1) is 14.3. The number of ether oxygens (including phenoxy) is 1. The number of hydrogen-bond acceptors (Lipinski definition) is 5. The number of nitrogens with one attached hydrogen (secondary N) is 2. The van der Waals surface area contributed by atoms with Gasteiger partial charge in [-0.25, -0.2) is 13.4 Å². The van der Waals surface area contributed by atoms with Crippen LogP contribution >= 0.6 is 0 Å². The van der Waals surface area contributed by atoms with Gasteiger partial charge in [0.1, 0.15) is 22.5 Å². The van der Waals surface area contributed by atoms with Crippen LogP contribution in [-0.2, 0) is 21.9 Å². The highest BCUT2D eigenvalue weighted by Crippen LogP contribution is 2.30. The largest absolute Gasteiger partial charge is 0.492 e. The molecule has 3 aromatic rings. The van der Waals surface area contributed by atoms with E-state index in [2.05, 4.69) is 15.0 Å². The van der Waals surface area contributed by atoms with Crippen molar-refractivity contribution >= 4 is 21.6 Å². The van der Waals surface area contributed by atoms with Gasteiger partial charge in [-0.05, 0) is 30.7 Å². The number of amides is 1. The van der Waals surface area contributed by atoms with E-state index in [4.69, 9.17) is 4.74 Å². The van der Waals surface area contributed by atoms with E-state index in [1.54, 1.807) is 37.0 Å². The first-order valence-electron chi connectivity index (χ1n) is 9.40. The average Bonchev–Trinajstić information content (AvgIpc) is 3.13. The van der Waals surface area contributed by atoms with Gasteiger partial charge in [-0.1, -0.05) is 30.3 Å². The Morgan fingerprint density at radius 3 is 2.53 bits per heavy atom. The quantitative estimate of drug-likeness (QED) is 0.574. The molecule has 0 saturated heterocycles. The number of benzene rings is 2. The van der Waals surface area contributed by atoms with Gasteiger partial charge in [0.15, 0.2) is 0 Å². The van der Waals surface area contributed by atoms with Gasteiger partial charge in [0, 0.05) is 32.1 Å². The van der Waals surface area contributed by atoms with Crippen molar-refractivity contribution in [2.24, 2.45) is 7.05 Å². The Labute approximate surface area is 176 Å². The summed E-state index contributed by atoms with van der Waals surface area (Å²) in [5.41, 5.74) is 1.10. The second-order valence-electron chi connectivity index (χ2n) is 6.64. The van der Waals surface area contributed by atoms with E-state index in [1.807, 2.05) is 30.3 Å². The summed E-state index contributed by atoms with van der Waals surface area (Å²) in [5.74, 6) is 0.442. The average molecular weight is 429 g/mol. The van der Waals surface area contributed by atoms with Crippen LogP contribution in [0.15, 0.2) is 65.8 Å². The third kappa shape index (κ3) is 4.87. The van der Waals surface area contributed by atoms with Crippen LogP contribution in [-0.4, -0.2) is 30.5 Å². The zero-order chi connectivity index (χ0) is 21.7. The summed E-state index contributed by atoms with van der Waals surface area (Å²) in [6.07, 6.45) is 3.37. The van der Waals surface area contributed by atoms with Gasteiger partial charge in [0.2, 0.25) is 15.9 Å². The second kappa shape index (κ2) is 9.10. The predicted molar refractivity (Wildman–Crippen MR) is 114 cm³/mol. The SMILES string of the molecule is CCOc1ccc(NC(C)=O)cc1S(=O)(=O)N[C@H](c1ccccc1)c1nccn1C. The lowest BCUT2D eigenvalue weighted by Crippen LogP contribution is -2.31. The molecule has 2 N–H and O–H groups in total. The van der Waals surface area contributed by atoms with E-state index in [0.717, 1.165) is 5.56 Å². The highest BCUT2D eigenvalue weighted by Gasteiger charge is 2.28. The number of aryl methyl sites for hydroxylation is 1. The van der Waals surface area contributed by atoms with E-state index in [9.17, 15) is 13.2 Å². The maximum atomic E-state index is 13.4. The Kier molecular flexibility index (Phi) is 6.53. The van der Waals surface area contributed by atoms with Gasteiger partial charge in [-0.2, -0.15) is 4.72 Å². The fourth-order valence-corrected chi connectivity index (χ4v) is 4.42. The Balaban J connectivity index is 2.06. The van der Waals surface area contributed by atoms with Gasteiger partial charge in [-0.15, -0.1) is 0 Å². The summed E-state index contributed by atoms with van der Waals surface area (Å²) in [6, 6.07) is 13.0. The van der Waals surface area contributed by atoms with Crippen molar-refractivity contribution in [2.75, 3.05) is 11.9 Å². The molecule has 0 bridgehead atoms. The number of nitrogens with zero attached hydrogens (tertiary/aromatic N) is 2. The number of carbonyl (C=O) groups is 1. The van der Waals surface area contributed by atoms with Crippen molar-refractivity contribution < 1.29 is 17.9 Å². The normalized spacial score (nSPS) is 12.4. The highest BCUT2D eigenvalue weighted by atomic mass is 32.2. The Morgan fingerprint density at radius 1 is 1.20 bits per heavy atom. The zero-order valence-corrected chi connectivity index (χ0v) is 17.8. The van der Waals surface area contributed by atoms with Crippen LogP contribution in [0, 0.1) is 0 Å². The smallest absolute Gasteiger partial charge is 0.245 e. The van der Waals surface area contributed by atoms with Crippen LogP contribution in [0.1, 0.15) is 31.3 Å². The first kappa shape index (κ1) is 21.5. The van der Waals surface area contributed by atoms with Gasteiger partial charge in [0.25, 0.3) is 0 Å². The second-order valence-corrected chi connectivity index (χ2v) is 8.32. The molecule has 1 aromatic heterocycles. The lowest BCUT2D eigenvalue weighted by molar-refractivity contribution is -0.114. The number of sulfonamides is 1. The third-order valence-corrected chi connectivity index (χ3v) is 5.82. The fraction of sp³-hybridized carbons (Fsp3) is 0.238. The van der Waals surface area contributed by atoms with Crippen LogP contribution in [0.5, 0.6) is 5.75 Å². The van der Waals surface area contributed by atoms with Crippen LogP contribution < -0.4 is 14.8 Å². The van der Waals surface area contributed by atoms with Gasteiger partial charge in [0.05, 0.1) is 6.61 Å². The summed E-state index contributed by atoms with van der Waals surface area (Å²) >= 11 is 0. The number of imidazole rings is 1. The summed E-state index contributed by atoms with van der Waals surface area (Å²) in [6.45, 7) is 3.42. The fourth-order valence-electron chi connectivity index (χ4n) is 3.06. The molecule has 8 nitrogen and oxygen atoms in total. The number of hydrogen-bond donors (Lipinski definition) is 2. The van der Waals surface area contributed by atoms with Crippen molar-refractivity contribution in [3.63, 3.8) is 0 Å². The summed E-state index contributed by atoms with van der Waals surface area (Å²) in [4.78, 5) is 15.7. The molecule has 0 fully saturated rings. The molecule has 2 aromatic carbocycles. The van der Waals surface area contributed by atoms with Crippen molar-refractivity contribution in [3.8, 4) is 5.75 Å². The van der Waals surface area contributed by atoms with Crippen molar-refractivity contribution in [2.45, 2.75) is 24.8 Å². The van der Waals surface area contributed by atoms with Crippen LogP contribution in [0.2, 0.25) is 0 Å². The Bertz CT molecular complexity index is 1130. The maximum Gasteiger partial charge on any atom is 0.245 e. The minimum Gasteiger partial charge on any atom is -0.492 e. The molecule has 0 aliphatic heterocycles. The van der Waals surface area contributed by atoms with E-state index >= 15 is 0 Å². The summed E-state index contributed by atoms with van der Waals surface area (Å²) in [5, 5.41) is 2.61. The molecule has 158 valence electrons. The molecule has 1 atom stereocenters. The Morgan fingerprint density at radius 2 is 1.93 bits per heavy atom. The number of carbonyl (C=O) groups excluding carboxylic acids is 1. The minimum atomic E-state index is -4.04. The third-order valence-electron chi connectivity index (χ3n) is 4.38. The molecule has 9 heteroatoms. The van der Waals surface area contributed by atoms with Crippen LogP contribution in [0.3, 0.4) is 0 Å². The number of anilines is 1. The predicted octanol–water partition coefficient (Wildman–Crippen LogP) is 2.85. The zero-order valence-electron chi connectivity index (χ0n) is 17.0. The van der Waals surface area contributed by atoms with Gasteiger partial charge in [-0.3, -0.25) is 4.79 Å². The lowest BCUT2D eigenvalue weighted by Gasteiger charge is -2.20. The van der Waals surface area contributed by atoms with E-state index in [-0.39, 0.29) is 16.6 Å². The van der Waals surface area contributed by atoms with Crippen molar-refractivity contribution in [1.29, 1.82) is 0 Å². The minimum absolute atomic E-state index is 0.0641. The van der Waals surface area contributed by atoms with E-state index < -0.39 is 16.1 Å². The van der Waals surface area contributed by atoms with Crippen LogP contribution in [0.25, 0.3) is 0 Å². The molecule has 3 rings (SSSR count). The molecule has 30 heavy (non-hydrogen) atoms. The van der Waals surface area contributed by atoms with Crippen molar-refractivity contribution in [1.82, 2.24) is 14.3 Å². The maximum absolute atomic E-state index is 13.4. The molecule has 0 radical (unpaired) electrons. The summed E-state index contributed by atoms with van der Waals surface area (Å²) < 4.78 is 36.9. The molecular weight excluding hydrogens is 404 g/mol. The van der Waals surface area contributed by atoms with Gasteiger partial charge >= 0.3 is 0 Å². The molecule has 0 saturated carbocycles. The highest BCUT2D eigenvalue weighted by molar-refractivity contribution is 7.89. The standard InChI is InChI=1S/C21H24N4O4S/c1-4-29-18-11-10-17(23-15(2)26)14-19(18)30(27,28)24-20(16-8-6-5-7-9-16)21-22-12-13-25(21)3/h5-14,20,24H,4H2,1-3H3,(H,23,26)/t20-/m1/s1. The monoisotopic (exact) mass is 428 g/mol. The van der Waals surface area contributed by atoms with Gasteiger partial charge < -0.3 is 14.6 Å². The first-order valence-corrected chi connectivity index (χ1v) is 10.9. The lowest BCUT2D eigenvalue weighted by atomic mass is 10.1. The van der Waals surface area contributed by atoms with Crippen molar-refractivity contribution in [3.05, 3.63) is 72.3 Å². The van der Waals surface area contributed by atoms with E-state index in [0.29, 0.717) is 18.1 Å². The Hall–Kier alpha value is -3.17. The molecule has 0 aliphatic carbocycles. The summed E-state index contributed by atoms with van der Waals surface area (Å²) in [7, 11) is -2.24.